The maximum Gasteiger partial charge on any atom is 0.321 e. The lowest BCUT2D eigenvalue weighted by Gasteiger charge is -2.32. The zero-order valence-corrected chi connectivity index (χ0v) is 15.7. The molecule has 2 aromatic rings. The van der Waals surface area contributed by atoms with E-state index in [4.69, 9.17) is 0 Å². The Bertz CT molecular complexity index is 831. The first-order valence-electron chi connectivity index (χ1n) is 8.29. The number of thiophene rings is 1. The SMILES string of the molecule is O=C(Nc1ccc(F)cc1)N1CCC(CNS(=O)(=O)c2cccs2)CC1. The van der Waals surface area contributed by atoms with Gasteiger partial charge >= 0.3 is 6.03 Å². The summed E-state index contributed by atoms with van der Waals surface area (Å²) >= 11 is 1.19. The first-order valence-corrected chi connectivity index (χ1v) is 10.6. The van der Waals surface area contributed by atoms with Crippen LogP contribution in [0.4, 0.5) is 14.9 Å². The van der Waals surface area contributed by atoms with Crippen molar-refractivity contribution >= 4 is 33.1 Å². The van der Waals surface area contributed by atoms with Gasteiger partial charge in [-0.15, -0.1) is 11.3 Å². The lowest BCUT2D eigenvalue weighted by Crippen LogP contribution is -2.43. The summed E-state index contributed by atoms with van der Waals surface area (Å²) in [5.41, 5.74) is 0.544. The third-order valence-corrected chi connectivity index (χ3v) is 7.14. The zero-order chi connectivity index (χ0) is 18.6. The Balaban J connectivity index is 1.45. The molecule has 0 atom stereocenters. The molecule has 0 bridgehead atoms. The summed E-state index contributed by atoms with van der Waals surface area (Å²) in [6.45, 7) is 1.48. The lowest BCUT2D eigenvalue weighted by molar-refractivity contribution is 0.183. The standard InChI is InChI=1S/C17H20FN3O3S2/c18-14-3-5-15(6-4-14)20-17(22)21-9-7-13(8-10-21)12-19-26(23,24)16-2-1-11-25-16/h1-6,11,13,19H,7-10,12H2,(H,20,22). The van der Waals surface area contributed by atoms with Gasteiger partial charge in [-0.3, -0.25) is 0 Å². The molecule has 1 aliphatic heterocycles. The molecule has 0 unspecified atom stereocenters. The third-order valence-electron chi connectivity index (χ3n) is 4.32. The Morgan fingerprint density at radius 2 is 1.88 bits per heavy atom. The molecule has 0 radical (unpaired) electrons. The minimum Gasteiger partial charge on any atom is -0.325 e. The number of halogens is 1. The highest BCUT2D eigenvalue weighted by atomic mass is 32.2. The van der Waals surface area contributed by atoms with Crippen molar-refractivity contribution in [2.24, 2.45) is 5.92 Å². The number of nitrogens with one attached hydrogen (secondary N) is 2. The van der Waals surface area contributed by atoms with Crippen LogP contribution in [-0.4, -0.2) is 39.0 Å². The van der Waals surface area contributed by atoms with E-state index in [0.29, 0.717) is 29.5 Å². The predicted octanol–water partition coefficient (Wildman–Crippen LogP) is 3.11. The van der Waals surface area contributed by atoms with Crippen LogP contribution in [0.3, 0.4) is 0 Å². The van der Waals surface area contributed by atoms with Crippen molar-refractivity contribution in [3.05, 3.63) is 47.6 Å². The average molecular weight is 397 g/mol. The molecule has 2 heterocycles. The highest BCUT2D eigenvalue weighted by molar-refractivity contribution is 7.91. The molecule has 140 valence electrons. The van der Waals surface area contributed by atoms with Crippen molar-refractivity contribution in [3.8, 4) is 0 Å². The summed E-state index contributed by atoms with van der Waals surface area (Å²) in [7, 11) is -3.45. The van der Waals surface area contributed by atoms with Crippen molar-refractivity contribution in [1.29, 1.82) is 0 Å². The summed E-state index contributed by atoms with van der Waals surface area (Å²) in [5.74, 6) is -0.159. The number of sulfonamides is 1. The van der Waals surface area contributed by atoms with Gasteiger partial charge in [0.2, 0.25) is 10.0 Å². The lowest BCUT2D eigenvalue weighted by atomic mass is 9.97. The number of carbonyl (C=O) groups excluding carboxylic acids is 1. The maximum atomic E-state index is 12.9. The van der Waals surface area contributed by atoms with Gasteiger partial charge in [0.25, 0.3) is 0 Å². The first kappa shape index (κ1) is 18.8. The summed E-state index contributed by atoms with van der Waals surface area (Å²) in [4.78, 5) is 13.9. The molecule has 1 aliphatic rings. The molecular weight excluding hydrogens is 377 g/mol. The van der Waals surface area contributed by atoms with Crippen LogP contribution in [0.1, 0.15) is 12.8 Å². The van der Waals surface area contributed by atoms with Gasteiger partial charge in [-0.25, -0.2) is 22.3 Å². The molecule has 6 nitrogen and oxygen atoms in total. The quantitative estimate of drug-likeness (QED) is 0.814. The van der Waals surface area contributed by atoms with Crippen LogP contribution < -0.4 is 10.0 Å². The van der Waals surface area contributed by atoms with Gasteiger partial charge in [0, 0.05) is 25.3 Å². The molecule has 1 aromatic heterocycles. The third kappa shape index (κ3) is 4.80. The summed E-state index contributed by atoms with van der Waals surface area (Å²) in [6, 6.07) is 8.67. The van der Waals surface area contributed by atoms with Gasteiger partial charge in [0.1, 0.15) is 10.0 Å². The fourth-order valence-electron chi connectivity index (χ4n) is 2.79. The second-order valence-corrected chi connectivity index (χ2v) is 9.09. The topological polar surface area (TPSA) is 78.5 Å². The number of hydrogen-bond acceptors (Lipinski definition) is 4. The Morgan fingerprint density at radius 1 is 1.19 bits per heavy atom. The molecule has 1 aromatic carbocycles. The number of hydrogen-bond donors (Lipinski definition) is 2. The number of piperidine rings is 1. The van der Waals surface area contributed by atoms with Crippen LogP contribution in [0.25, 0.3) is 0 Å². The van der Waals surface area contributed by atoms with E-state index in [-0.39, 0.29) is 17.8 Å². The fourth-order valence-corrected chi connectivity index (χ4v) is 4.94. The minimum absolute atomic E-state index is 0.194. The molecule has 0 aliphatic carbocycles. The van der Waals surface area contributed by atoms with Crippen LogP contribution in [-0.2, 0) is 10.0 Å². The van der Waals surface area contributed by atoms with E-state index in [1.165, 1.54) is 35.6 Å². The number of likely N-dealkylation sites (tertiary alicyclic amines) is 1. The van der Waals surface area contributed by atoms with Crippen molar-refractivity contribution in [2.75, 3.05) is 25.0 Å². The highest BCUT2D eigenvalue weighted by Crippen LogP contribution is 2.20. The maximum absolute atomic E-state index is 12.9. The fraction of sp³-hybridized carbons (Fsp3) is 0.353. The van der Waals surface area contributed by atoms with Gasteiger partial charge in [-0.05, 0) is 54.5 Å². The van der Waals surface area contributed by atoms with Crippen LogP contribution >= 0.6 is 11.3 Å². The van der Waals surface area contributed by atoms with Crippen LogP contribution in [0.5, 0.6) is 0 Å². The number of benzene rings is 1. The van der Waals surface area contributed by atoms with Crippen LogP contribution in [0.2, 0.25) is 0 Å². The van der Waals surface area contributed by atoms with Gasteiger partial charge in [-0.1, -0.05) is 6.07 Å². The molecule has 9 heteroatoms. The van der Waals surface area contributed by atoms with Crippen molar-refractivity contribution < 1.29 is 17.6 Å². The van der Waals surface area contributed by atoms with E-state index in [2.05, 4.69) is 10.0 Å². The highest BCUT2D eigenvalue weighted by Gasteiger charge is 2.24. The minimum atomic E-state index is -3.45. The molecule has 0 saturated carbocycles. The van der Waals surface area contributed by atoms with E-state index >= 15 is 0 Å². The van der Waals surface area contributed by atoms with E-state index in [1.807, 2.05) is 0 Å². The second-order valence-electron chi connectivity index (χ2n) is 6.15. The molecule has 2 amide bonds. The number of rotatable bonds is 5. The van der Waals surface area contributed by atoms with E-state index in [9.17, 15) is 17.6 Å². The van der Waals surface area contributed by atoms with Gasteiger partial charge in [-0.2, -0.15) is 0 Å². The van der Waals surface area contributed by atoms with Crippen LogP contribution in [0.15, 0.2) is 46.0 Å². The molecule has 1 saturated heterocycles. The van der Waals surface area contributed by atoms with E-state index in [0.717, 1.165) is 12.8 Å². The summed E-state index contributed by atoms with van der Waals surface area (Å²) in [5, 5.41) is 4.47. The Kier molecular flexibility index (Phi) is 5.90. The Morgan fingerprint density at radius 3 is 2.50 bits per heavy atom. The number of anilines is 1. The molecule has 1 fully saturated rings. The van der Waals surface area contributed by atoms with Crippen molar-refractivity contribution in [2.45, 2.75) is 17.1 Å². The second kappa shape index (κ2) is 8.15. The molecular formula is C17H20FN3O3S2. The molecule has 0 spiro atoms. The normalized spacial score (nSPS) is 15.8. The first-order chi connectivity index (χ1) is 12.4. The Labute approximate surface area is 156 Å². The Hall–Kier alpha value is -1.97. The average Bonchev–Trinajstić information content (AvgIpc) is 3.18. The summed E-state index contributed by atoms with van der Waals surface area (Å²) in [6.07, 6.45) is 1.45. The largest absolute Gasteiger partial charge is 0.325 e. The number of amides is 2. The van der Waals surface area contributed by atoms with E-state index < -0.39 is 10.0 Å². The van der Waals surface area contributed by atoms with Gasteiger partial charge in [0.05, 0.1) is 0 Å². The predicted molar refractivity (Wildman–Crippen MR) is 99.2 cm³/mol. The molecule has 3 rings (SSSR count). The summed E-state index contributed by atoms with van der Waals surface area (Å²) < 4.78 is 40.1. The smallest absolute Gasteiger partial charge is 0.321 e. The van der Waals surface area contributed by atoms with Crippen LogP contribution in [0, 0.1) is 11.7 Å². The number of nitrogens with zero attached hydrogens (tertiary/aromatic N) is 1. The number of urea groups is 1. The van der Waals surface area contributed by atoms with Gasteiger partial charge < -0.3 is 10.2 Å². The molecule has 2 N–H and O–H groups in total. The van der Waals surface area contributed by atoms with E-state index in [1.54, 1.807) is 22.4 Å². The molecule has 26 heavy (non-hydrogen) atoms. The monoisotopic (exact) mass is 397 g/mol. The van der Waals surface area contributed by atoms with Crippen molar-refractivity contribution in [1.82, 2.24) is 9.62 Å². The van der Waals surface area contributed by atoms with Crippen molar-refractivity contribution in [3.63, 3.8) is 0 Å². The zero-order valence-electron chi connectivity index (χ0n) is 14.0. The van der Waals surface area contributed by atoms with Gasteiger partial charge in [0.15, 0.2) is 0 Å². The number of carbonyl (C=O) groups is 1.